The largest absolute Gasteiger partial charge is 0.311 e. The van der Waals surface area contributed by atoms with E-state index in [9.17, 15) is 4.79 Å². The van der Waals surface area contributed by atoms with Gasteiger partial charge < -0.3 is 4.98 Å². The summed E-state index contributed by atoms with van der Waals surface area (Å²) in [5.41, 5.74) is 1.08. The Morgan fingerprint density at radius 2 is 2.36 bits per heavy atom. The molecule has 0 amide bonds. The molecule has 76 valence electrons. The highest BCUT2D eigenvalue weighted by Gasteiger charge is 2.05. The number of aryl methyl sites for hydroxylation is 1. The number of hydrogen-bond acceptors (Lipinski definition) is 3. The molecule has 0 radical (unpaired) electrons. The lowest BCUT2D eigenvalue weighted by Crippen LogP contribution is -2.11. The zero-order chi connectivity index (χ0) is 9.26. The summed E-state index contributed by atoms with van der Waals surface area (Å²) in [7, 11) is 0. The van der Waals surface area contributed by atoms with Crippen LogP contribution in [0.3, 0.4) is 0 Å². The van der Waals surface area contributed by atoms with Gasteiger partial charge in [0.1, 0.15) is 5.52 Å². The minimum absolute atomic E-state index is 0. The molecule has 14 heavy (non-hydrogen) atoms. The van der Waals surface area contributed by atoms with Crippen LogP contribution >= 0.6 is 12.4 Å². The fourth-order valence-electron chi connectivity index (χ4n) is 1.31. The number of nitrogens with zero attached hydrogens (tertiary/aromatic N) is 3. The van der Waals surface area contributed by atoms with E-state index >= 15 is 0 Å². The molecule has 0 aliphatic heterocycles. The number of aromatic amines is 1. The van der Waals surface area contributed by atoms with Crippen LogP contribution in [0.1, 0.15) is 13.3 Å². The molecule has 0 unspecified atom stereocenters. The molecular formula is C8H11ClN4O. The van der Waals surface area contributed by atoms with Crippen LogP contribution in [-0.2, 0) is 6.54 Å². The first-order valence-electron chi connectivity index (χ1n) is 4.22. The molecule has 2 aromatic rings. The molecule has 0 fully saturated rings. The number of rotatable bonds is 2. The molecule has 2 aromatic heterocycles. The summed E-state index contributed by atoms with van der Waals surface area (Å²) in [5.74, 6) is 0. The van der Waals surface area contributed by atoms with Crippen molar-refractivity contribution in [1.29, 1.82) is 0 Å². The first-order chi connectivity index (χ1) is 6.33. The van der Waals surface area contributed by atoms with E-state index < -0.39 is 0 Å². The second-order valence-corrected chi connectivity index (χ2v) is 2.83. The Balaban J connectivity index is 0.000000980. The first kappa shape index (κ1) is 10.7. The zero-order valence-corrected chi connectivity index (χ0v) is 8.54. The van der Waals surface area contributed by atoms with Crippen molar-refractivity contribution in [3.63, 3.8) is 0 Å². The summed E-state index contributed by atoms with van der Waals surface area (Å²) in [4.78, 5) is 17.9. The molecule has 2 heterocycles. The van der Waals surface area contributed by atoms with E-state index in [1.54, 1.807) is 10.9 Å². The van der Waals surface area contributed by atoms with E-state index in [1.165, 1.54) is 6.33 Å². The molecule has 0 aliphatic carbocycles. The second-order valence-electron chi connectivity index (χ2n) is 2.83. The Morgan fingerprint density at radius 3 is 3.07 bits per heavy atom. The van der Waals surface area contributed by atoms with Gasteiger partial charge in [-0.2, -0.15) is 5.10 Å². The van der Waals surface area contributed by atoms with Gasteiger partial charge in [-0.05, 0) is 6.42 Å². The molecule has 5 nitrogen and oxygen atoms in total. The van der Waals surface area contributed by atoms with Gasteiger partial charge in [0.25, 0.3) is 5.56 Å². The molecule has 0 saturated heterocycles. The molecule has 0 atom stereocenters. The van der Waals surface area contributed by atoms with Crippen molar-refractivity contribution in [2.24, 2.45) is 0 Å². The number of aromatic nitrogens is 4. The van der Waals surface area contributed by atoms with Crippen molar-refractivity contribution >= 4 is 23.4 Å². The minimum Gasteiger partial charge on any atom is -0.311 e. The highest BCUT2D eigenvalue weighted by atomic mass is 35.5. The van der Waals surface area contributed by atoms with Gasteiger partial charge in [-0.1, -0.05) is 6.92 Å². The van der Waals surface area contributed by atoms with Crippen LogP contribution in [0, 0.1) is 0 Å². The Morgan fingerprint density at radius 1 is 1.57 bits per heavy atom. The molecule has 0 aromatic carbocycles. The maximum absolute atomic E-state index is 11.4. The average molecular weight is 215 g/mol. The van der Waals surface area contributed by atoms with Crippen LogP contribution in [0.4, 0.5) is 0 Å². The van der Waals surface area contributed by atoms with Gasteiger partial charge in [0.2, 0.25) is 0 Å². The SMILES string of the molecule is CCCn1ncc2nc[nH]c(=O)c21.Cl. The van der Waals surface area contributed by atoms with Gasteiger partial charge in [0, 0.05) is 6.54 Å². The third-order valence-electron chi connectivity index (χ3n) is 1.87. The number of nitrogens with one attached hydrogen (secondary N) is 1. The number of fused-ring (bicyclic) bond motifs is 1. The van der Waals surface area contributed by atoms with E-state index in [1.807, 2.05) is 6.92 Å². The standard InChI is InChI=1S/C8H10N4O.ClH/c1-2-3-12-7-6(4-11-12)9-5-10-8(7)13;/h4-5H,2-3H2,1H3,(H,9,10,13);1H. The summed E-state index contributed by atoms with van der Waals surface area (Å²) in [6.45, 7) is 2.79. The quantitative estimate of drug-likeness (QED) is 0.810. The van der Waals surface area contributed by atoms with Crippen molar-refractivity contribution in [1.82, 2.24) is 19.7 Å². The molecular weight excluding hydrogens is 204 g/mol. The van der Waals surface area contributed by atoms with Crippen LogP contribution in [-0.4, -0.2) is 19.7 Å². The van der Waals surface area contributed by atoms with Crippen molar-refractivity contribution in [2.75, 3.05) is 0 Å². The predicted molar refractivity (Wildman–Crippen MR) is 55.7 cm³/mol. The molecule has 2 rings (SSSR count). The van der Waals surface area contributed by atoms with Crippen molar-refractivity contribution in [3.05, 3.63) is 22.9 Å². The van der Waals surface area contributed by atoms with Gasteiger partial charge in [0.15, 0.2) is 5.52 Å². The minimum atomic E-state index is -0.129. The molecule has 6 heteroatoms. The summed E-state index contributed by atoms with van der Waals surface area (Å²) in [5, 5.41) is 4.08. The molecule has 0 spiro atoms. The molecule has 0 aliphatic rings. The predicted octanol–water partition coefficient (Wildman–Crippen LogP) is 0.951. The monoisotopic (exact) mass is 214 g/mol. The molecule has 0 bridgehead atoms. The van der Waals surface area contributed by atoms with Crippen LogP contribution in [0.5, 0.6) is 0 Å². The van der Waals surface area contributed by atoms with Gasteiger partial charge in [-0.15, -0.1) is 12.4 Å². The zero-order valence-electron chi connectivity index (χ0n) is 7.73. The third kappa shape index (κ3) is 1.63. The number of H-pyrrole nitrogens is 1. The fourth-order valence-corrected chi connectivity index (χ4v) is 1.31. The highest BCUT2D eigenvalue weighted by molar-refractivity contribution is 5.85. The highest BCUT2D eigenvalue weighted by Crippen LogP contribution is 2.04. The van der Waals surface area contributed by atoms with E-state index in [0.29, 0.717) is 11.0 Å². The summed E-state index contributed by atoms with van der Waals surface area (Å²) in [6.07, 6.45) is 3.95. The van der Waals surface area contributed by atoms with Crippen LogP contribution < -0.4 is 5.56 Å². The lowest BCUT2D eigenvalue weighted by atomic mass is 10.4. The van der Waals surface area contributed by atoms with Crippen molar-refractivity contribution in [3.8, 4) is 0 Å². The maximum Gasteiger partial charge on any atom is 0.276 e. The lowest BCUT2D eigenvalue weighted by Gasteiger charge is -1.97. The van der Waals surface area contributed by atoms with E-state index in [-0.39, 0.29) is 18.0 Å². The first-order valence-corrected chi connectivity index (χ1v) is 4.22. The summed E-state index contributed by atoms with van der Waals surface area (Å²) in [6, 6.07) is 0. The van der Waals surface area contributed by atoms with Gasteiger partial charge >= 0.3 is 0 Å². The van der Waals surface area contributed by atoms with Crippen molar-refractivity contribution < 1.29 is 0 Å². The Hall–Kier alpha value is -1.36. The average Bonchev–Trinajstić information content (AvgIpc) is 2.51. The summed E-state index contributed by atoms with van der Waals surface area (Å²) < 4.78 is 1.68. The van der Waals surface area contributed by atoms with E-state index in [0.717, 1.165) is 13.0 Å². The normalized spacial score (nSPS) is 10.1. The summed E-state index contributed by atoms with van der Waals surface area (Å²) >= 11 is 0. The van der Waals surface area contributed by atoms with Gasteiger partial charge in [0.05, 0.1) is 12.5 Å². The second kappa shape index (κ2) is 4.23. The van der Waals surface area contributed by atoms with Crippen molar-refractivity contribution in [2.45, 2.75) is 19.9 Å². The lowest BCUT2D eigenvalue weighted by molar-refractivity contribution is 0.620. The fraction of sp³-hybridized carbons (Fsp3) is 0.375. The smallest absolute Gasteiger partial charge is 0.276 e. The van der Waals surface area contributed by atoms with E-state index in [2.05, 4.69) is 15.1 Å². The Bertz CT molecular complexity index is 475. The molecule has 0 saturated carbocycles. The number of hydrogen-bond donors (Lipinski definition) is 1. The Labute approximate surface area is 86.6 Å². The topological polar surface area (TPSA) is 63.6 Å². The molecule has 1 N–H and O–H groups in total. The van der Waals surface area contributed by atoms with Crippen LogP contribution in [0.15, 0.2) is 17.3 Å². The van der Waals surface area contributed by atoms with Crippen LogP contribution in [0.2, 0.25) is 0 Å². The Kier molecular flexibility index (Phi) is 3.24. The van der Waals surface area contributed by atoms with Crippen LogP contribution in [0.25, 0.3) is 11.0 Å². The van der Waals surface area contributed by atoms with Gasteiger partial charge in [-0.3, -0.25) is 9.48 Å². The number of halogens is 1. The third-order valence-corrected chi connectivity index (χ3v) is 1.87. The maximum atomic E-state index is 11.4. The van der Waals surface area contributed by atoms with Gasteiger partial charge in [-0.25, -0.2) is 4.98 Å². The van der Waals surface area contributed by atoms with E-state index in [4.69, 9.17) is 0 Å².